The van der Waals surface area contributed by atoms with Gasteiger partial charge in [0.2, 0.25) is 5.82 Å². The Balaban J connectivity index is 1.93. The molecule has 0 aromatic carbocycles. The summed E-state index contributed by atoms with van der Waals surface area (Å²) >= 11 is 5.70. The molecule has 7 heteroatoms. The van der Waals surface area contributed by atoms with Gasteiger partial charge in [-0.05, 0) is 31.8 Å². The molecule has 1 fully saturated rings. The second-order valence-electron chi connectivity index (χ2n) is 4.35. The average Bonchev–Trinajstić information content (AvgIpc) is 2.84. The van der Waals surface area contributed by atoms with E-state index in [0.29, 0.717) is 12.5 Å². The maximum Gasteiger partial charge on any atom is 0.312 e. The molecule has 1 aromatic heterocycles. The lowest BCUT2D eigenvalue weighted by Gasteiger charge is -2.09. The Hall–Kier alpha value is -1.40. The standard InChI is InChI=1S/C11H15ClN4O2/c12-9-5-10(16(17)18)11(15-7-9)14-4-2-8-1-3-13-6-8/h5,7-8,13H,1-4,6H2,(H,14,15). The van der Waals surface area contributed by atoms with Gasteiger partial charge < -0.3 is 10.6 Å². The van der Waals surface area contributed by atoms with E-state index in [1.54, 1.807) is 0 Å². The zero-order chi connectivity index (χ0) is 13.0. The quantitative estimate of drug-likeness (QED) is 0.632. The number of anilines is 1. The summed E-state index contributed by atoms with van der Waals surface area (Å²) in [5, 5.41) is 17.4. The van der Waals surface area contributed by atoms with Crippen LogP contribution in [0.1, 0.15) is 12.8 Å². The summed E-state index contributed by atoms with van der Waals surface area (Å²) in [6, 6.07) is 1.31. The van der Waals surface area contributed by atoms with Crippen LogP contribution < -0.4 is 10.6 Å². The molecular weight excluding hydrogens is 256 g/mol. The van der Waals surface area contributed by atoms with Gasteiger partial charge in [0.15, 0.2) is 0 Å². The minimum atomic E-state index is -0.474. The number of pyridine rings is 1. The van der Waals surface area contributed by atoms with Crippen LogP contribution in [0.5, 0.6) is 0 Å². The van der Waals surface area contributed by atoms with Crippen LogP contribution in [0.15, 0.2) is 12.3 Å². The van der Waals surface area contributed by atoms with Gasteiger partial charge in [-0.3, -0.25) is 10.1 Å². The van der Waals surface area contributed by atoms with Crippen molar-refractivity contribution < 1.29 is 4.92 Å². The highest BCUT2D eigenvalue weighted by Crippen LogP contribution is 2.25. The molecule has 1 unspecified atom stereocenters. The SMILES string of the molecule is O=[N+]([O-])c1cc(Cl)cnc1NCCC1CCNC1. The molecule has 98 valence electrons. The normalized spacial score (nSPS) is 18.8. The molecule has 0 saturated carbocycles. The lowest BCUT2D eigenvalue weighted by molar-refractivity contribution is -0.384. The number of nitrogens with one attached hydrogen (secondary N) is 2. The van der Waals surface area contributed by atoms with Gasteiger partial charge in [-0.15, -0.1) is 0 Å². The summed E-state index contributed by atoms with van der Waals surface area (Å²) in [4.78, 5) is 14.3. The van der Waals surface area contributed by atoms with Crippen LogP contribution >= 0.6 is 11.6 Å². The second kappa shape index (κ2) is 5.97. The molecule has 0 aliphatic carbocycles. The fraction of sp³-hybridized carbons (Fsp3) is 0.545. The van der Waals surface area contributed by atoms with E-state index in [9.17, 15) is 10.1 Å². The summed E-state index contributed by atoms with van der Waals surface area (Å²) in [5.41, 5.74) is -0.0768. The fourth-order valence-electron chi connectivity index (χ4n) is 2.06. The van der Waals surface area contributed by atoms with Crippen LogP contribution in [0.25, 0.3) is 0 Å². The summed E-state index contributed by atoms with van der Waals surface area (Å²) in [6.45, 7) is 2.77. The Labute approximate surface area is 110 Å². The van der Waals surface area contributed by atoms with E-state index in [0.717, 1.165) is 25.9 Å². The smallest absolute Gasteiger partial charge is 0.312 e. The lowest BCUT2D eigenvalue weighted by Crippen LogP contribution is -2.13. The number of aromatic nitrogens is 1. The molecular formula is C11H15ClN4O2. The third kappa shape index (κ3) is 3.30. The number of halogens is 1. The third-order valence-electron chi connectivity index (χ3n) is 3.04. The number of rotatable bonds is 5. The Morgan fingerprint density at radius 3 is 3.17 bits per heavy atom. The van der Waals surface area contributed by atoms with Crippen molar-refractivity contribution in [2.75, 3.05) is 25.0 Å². The topological polar surface area (TPSA) is 80.1 Å². The molecule has 2 heterocycles. The summed E-state index contributed by atoms with van der Waals surface area (Å²) < 4.78 is 0. The summed E-state index contributed by atoms with van der Waals surface area (Å²) in [7, 11) is 0. The maximum absolute atomic E-state index is 10.9. The first-order valence-electron chi connectivity index (χ1n) is 5.91. The Kier molecular flexibility index (Phi) is 4.33. The first-order valence-corrected chi connectivity index (χ1v) is 6.29. The van der Waals surface area contributed by atoms with Crippen LogP contribution in [0.3, 0.4) is 0 Å². The molecule has 2 rings (SSSR count). The highest BCUT2D eigenvalue weighted by Gasteiger charge is 2.17. The van der Waals surface area contributed by atoms with E-state index < -0.39 is 4.92 Å². The monoisotopic (exact) mass is 270 g/mol. The van der Waals surface area contributed by atoms with Gasteiger partial charge in [0, 0.05) is 18.8 Å². The van der Waals surface area contributed by atoms with Crippen molar-refractivity contribution in [1.29, 1.82) is 0 Å². The molecule has 1 saturated heterocycles. The predicted octanol–water partition coefficient (Wildman–Crippen LogP) is 2.05. The van der Waals surface area contributed by atoms with Crippen LogP contribution in [0, 0.1) is 16.0 Å². The molecule has 2 N–H and O–H groups in total. The lowest BCUT2D eigenvalue weighted by atomic mass is 10.1. The first-order chi connectivity index (χ1) is 8.66. The summed E-state index contributed by atoms with van der Waals surface area (Å²) in [6.07, 6.45) is 3.56. The van der Waals surface area contributed by atoms with Crippen LogP contribution in [0.4, 0.5) is 11.5 Å². The van der Waals surface area contributed by atoms with Crippen molar-refractivity contribution in [3.8, 4) is 0 Å². The fourth-order valence-corrected chi connectivity index (χ4v) is 2.21. The van der Waals surface area contributed by atoms with Crippen LogP contribution in [0.2, 0.25) is 5.02 Å². The minimum Gasteiger partial charge on any atom is -0.364 e. The van der Waals surface area contributed by atoms with E-state index in [-0.39, 0.29) is 16.5 Å². The Morgan fingerprint density at radius 1 is 1.67 bits per heavy atom. The third-order valence-corrected chi connectivity index (χ3v) is 3.25. The Bertz CT molecular complexity index is 435. The van der Waals surface area contributed by atoms with E-state index in [1.807, 2.05) is 0 Å². The molecule has 1 aliphatic heterocycles. The summed E-state index contributed by atoms with van der Waals surface area (Å²) in [5.74, 6) is 0.930. The van der Waals surface area contributed by atoms with E-state index >= 15 is 0 Å². The minimum absolute atomic E-state index is 0.0768. The van der Waals surface area contributed by atoms with E-state index in [4.69, 9.17) is 11.6 Å². The number of hydrogen-bond donors (Lipinski definition) is 2. The average molecular weight is 271 g/mol. The van der Waals surface area contributed by atoms with Crippen molar-refractivity contribution in [2.45, 2.75) is 12.8 Å². The molecule has 1 atom stereocenters. The molecule has 6 nitrogen and oxygen atoms in total. The van der Waals surface area contributed by atoms with E-state index in [2.05, 4.69) is 15.6 Å². The zero-order valence-corrected chi connectivity index (χ0v) is 10.6. The number of hydrogen-bond acceptors (Lipinski definition) is 5. The van der Waals surface area contributed by atoms with Crippen molar-refractivity contribution in [3.63, 3.8) is 0 Å². The van der Waals surface area contributed by atoms with Crippen LogP contribution in [-0.4, -0.2) is 29.5 Å². The van der Waals surface area contributed by atoms with Gasteiger partial charge in [0.1, 0.15) is 0 Å². The van der Waals surface area contributed by atoms with Crippen molar-refractivity contribution in [2.24, 2.45) is 5.92 Å². The van der Waals surface area contributed by atoms with Gasteiger partial charge in [0.25, 0.3) is 0 Å². The first kappa shape index (κ1) is 13.0. The highest BCUT2D eigenvalue weighted by molar-refractivity contribution is 6.30. The zero-order valence-electron chi connectivity index (χ0n) is 9.86. The molecule has 1 aromatic rings. The molecule has 0 amide bonds. The molecule has 0 spiro atoms. The molecule has 1 aliphatic rings. The van der Waals surface area contributed by atoms with Gasteiger partial charge in [-0.2, -0.15) is 0 Å². The Morgan fingerprint density at radius 2 is 2.50 bits per heavy atom. The molecule has 18 heavy (non-hydrogen) atoms. The van der Waals surface area contributed by atoms with E-state index in [1.165, 1.54) is 12.3 Å². The van der Waals surface area contributed by atoms with Crippen molar-refractivity contribution in [3.05, 3.63) is 27.4 Å². The van der Waals surface area contributed by atoms with Crippen molar-refractivity contribution >= 4 is 23.1 Å². The molecule has 0 bridgehead atoms. The molecule has 0 radical (unpaired) electrons. The second-order valence-corrected chi connectivity index (χ2v) is 4.79. The van der Waals surface area contributed by atoms with Gasteiger partial charge in [-0.25, -0.2) is 4.98 Å². The number of nitro groups is 1. The highest BCUT2D eigenvalue weighted by atomic mass is 35.5. The maximum atomic E-state index is 10.9. The van der Waals surface area contributed by atoms with Crippen LogP contribution in [-0.2, 0) is 0 Å². The van der Waals surface area contributed by atoms with Gasteiger partial charge >= 0.3 is 5.69 Å². The largest absolute Gasteiger partial charge is 0.364 e. The predicted molar refractivity (Wildman–Crippen MR) is 70.0 cm³/mol. The number of nitrogens with zero attached hydrogens (tertiary/aromatic N) is 2. The van der Waals surface area contributed by atoms with Gasteiger partial charge in [-0.1, -0.05) is 11.6 Å². The van der Waals surface area contributed by atoms with Crippen molar-refractivity contribution in [1.82, 2.24) is 10.3 Å². The van der Waals surface area contributed by atoms with Gasteiger partial charge in [0.05, 0.1) is 9.95 Å².